The van der Waals surface area contributed by atoms with Crippen molar-refractivity contribution in [3.8, 4) is 5.88 Å². The number of piperidine rings is 1. The van der Waals surface area contributed by atoms with E-state index in [1.807, 2.05) is 4.90 Å². The Labute approximate surface area is 106 Å². The Balaban J connectivity index is 1.75. The minimum Gasteiger partial charge on any atom is -0.480 e. The number of fused-ring (bicyclic) bond motifs is 2. The SMILES string of the molecule is COc1ccc(C(=O)N2C3CC2CN(C)C3)nn1. The van der Waals surface area contributed by atoms with Gasteiger partial charge in [-0.25, -0.2) is 0 Å². The lowest BCUT2D eigenvalue weighted by Gasteiger charge is -2.55. The first-order chi connectivity index (χ1) is 8.69. The van der Waals surface area contributed by atoms with Crippen LogP contribution in [0, 0.1) is 0 Å². The lowest BCUT2D eigenvalue weighted by atomic mass is 9.87. The van der Waals surface area contributed by atoms with E-state index in [-0.39, 0.29) is 5.91 Å². The van der Waals surface area contributed by atoms with Crippen molar-refractivity contribution in [1.82, 2.24) is 20.0 Å². The van der Waals surface area contributed by atoms with E-state index in [2.05, 4.69) is 22.1 Å². The number of amides is 1. The van der Waals surface area contributed by atoms with Gasteiger partial charge in [0.1, 0.15) is 0 Å². The Hall–Kier alpha value is -1.69. The van der Waals surface area contributed by atoms with E-state index in [0.29, 0.717) is 23.7 Å². The van der Waals surface area contributed by atoms with Crippen molar-refractivity contribution < 1.29 is 9.53 Å². The van der Waals surface area contributed by atoms with Gasteiger partial charge < -0.3 is 14.5 Å². The fourth-order valence-electron chi connectivity index (χ4n) is 2.83. The highest BCUT2D eigenvalue weighted by Gasteiger charge is 2.46. The van der Waals surface area contributed by atoms with E-state index < -0.39 is 0 Å². The molecule has 0 aliphatic carbocycles. The quantitative estimate of drug-likeness (QED) is 0.738. The van der Waals surface area contributed by atoms with Gasteiger partial charge in [0.2, 0.25) is 5.88 Å². The second-order valence-electron chi connectivity index (χ2n) is 4.94. The normalized spacial score (nSPS) is 26.7. The first kappa shape index (κ1) is 11.4. The van der Waals surface area contributed by atoms with Gasteiger partial charge in [-0.05, 0) is 19.5 Å². The molecular formula is C12H16N4O2. The predicted molar refractivity (Wildman–Crippen MR) is 64.4 cm³/mol. The maximum atomic E-state index is 12.3. The van der Waals surface area contributed by atoms with Gasteiger partial charge in [-0.2, -0.15) is 0 Å². The second kappa shape index (κ2) is 4.20. The van der Waals surface area contributed by atoms with Crippen LogP contribution >= 0.6 is 0 Å². The summed E-state index contributed by atoms with van der Waals surface area (Å²) in [6, 6.07) is 4.02. The second-order valence-corrected chi connectivity index (χ2v) is 4.94. The van der Waals surface area contributed by atoms with Gasteiger partial charge in [0.05, 0.1) is 7.11 Å². The molecule has 1 amide bonds. The van der Waals surface area contributed by atoms with Crippen molar-refractivity contribution in [2.75, 3.05) is 27.2 Å². The Morgan fingerprint density at radius 1 is 1.33 bits per heavy atom. The minimum absolute atomic E-state index is 0.0143. The molecule has 0 N–H and O–H groups in total. The number of rotatable bonds is 2. The van der Waals surface area contributed by atoms with Crippen LogP contribution in [0.3, 0.4) is 0 Å². The highest BCUT2D eigenvalue weighted by molar-refractivity contribution is 5.93. The third-order valence-corrected chi connectivity index (χ3v) is 3.68. The van der Waals surface area contributed by atoms with Crippen LogP contribution < -0.4 is 4.74 Å². The summed E-state index contributed by atoms with van der Waals surface area (Å²) in [6.07, 6.45) is 1.11. The number of likely N-dealkylation sites (tertiary alicyclic amines) is 2. The molecule has 2 unspecified atom stereocenters. The molecule has 96 valence electrons. The van der Waals surface area contributed by atoms with Crippen LogP contribution in [-0.4, -0.2) is 65.2 Å². The minimum atomic E-state index is -0.0143. The average Bonchev–Trinajstić information content (AvgIpc) is 2.38. The summed E-state index contributed by atoms with van der Waals surface area (Å²) in [4.78, 5) is 16.5. The topological polar surface area (TPSA) is 58.6 Å². The maximum Gasteiger partial charge on any atom is 0.274 e. The first-order valence-corrected chi connectivity index (χ1v) is 6.08. The van der Waals surface area contributed by atoms with Crippen LogP contribution in [0.25, 0.3) is 0 Å². The smallest absolute Gasteiger partial charge is 0.274 e. The Bertz CT molecular complexity index is 450. The average molecular weight is 248 g/mol. The van der Waals surface area contributed by atoms with Crippen LogP contribution in [0.2, 0.25) is 0 Å². The summed E-state index contributed by atoms with van der Waals surface area (Å²) >= 11 is 0. The predicted octanol–water partition coefficient (Wildman–Crippen LogP) is 0.0137. The van der Waals surface area contributed by atoms with Gasteiger partial charge in [-0.1, -0.05) is 0 Å². The zero-order valence-corrected chi connectivity index (χ0v) is 10.5. The lowest BCUT2D eigenvalue weighted by molar-refractivity contribution is -0.0401. The Morgan fingerprint density at radius 3 is 2.61 bits per heavy atom. The summed E-state index contributed by atoms with van der Waals surface area (Å²) in [5.74, 6) is 0.412. The number of likely N-dealkylation sites (N-methyl/N-ethyl adjacent to an activating group) is 1. The molecule has 2 aliphatic heterocycles. The standard InChI is InChI=1S/C12H16N4O2/c1-15-6-8-5-9(7-15)16(8)12(17)10-3-4-11(18-2)14-13-10/h3-4,8-9H,5-7H2,1-2H3. The number of methoxy groups -OCH3 is 1. The van der Waals surface area contributed by atoms with E-state index in [4.69, 9.17) is 4.74 Å². The number of hydrogen-bond donors (Lipinski definition) is 0. The van der Waals surface area contributed by atoms with Gasteiger partial charge in [-0.3, -0.25) is 4.79 Å². The van der Waals surface area contributed by atoms with Crippen molar-refractivity contribution in [1.29, 1.82) is 0 Å². The van der Waals surface area contributed by atoms with Crippen LogP contribution in [0.5, 0.6) is 5.88 Å². The molecule has 2 fully saturated rings. The fraction of sp³-hybridized carbons (Fsp3) is 0.583. The van der Waals surface area contributed by atoms with Gasteiger partial charge in [0.15, 0.2) is 5.69 Å². The molecule has 2 aliphatic rings. The van der Waals surface area contributed by atoms with Gasteiger partial charge in [0, 0.05) is 31.2 Å². The van der Waals surface area contributed by atoms with Gasteiger partial charge in [-0.15, -0.1) is 10.2 Å². The molecule has 2 saturated heterocycles. The van der Waals surface area contributed by atoms with E-state index in [1.54, 1.807) is 12.1 Å². The van der Waals surface area contributed by atoms with Crippen LogP contribution in [0.15, 0.2) is 12.1 Å². The number of hydrogen-bond acceptors (Lipinski definition) is 5. The number of aromatic nitrogens is 2. The number of carbonyl (C=O) groups excluding carboxylic acids is 1. The molecule has 0 radical (unpaired) electrons. The molecule has 2 atom stereocenters. The molecule has 18 heavy (non-hydrogen) atoms. The molecule has 0 spiro atoms. The molecular weight excluding hydrogens is 232 g/mol. The first-order valence-electron chi connectivity index (χ1n) is 6.08. The number of carbonyl (C=O) groups is 1. The maximum absolute atomic E-state index is 12.3. The highest BCUT2D eigenvalue weighted by Crippen LogP contribution is 2.32. The van der Waals surface area contributed by atoms with Crippen LogP contribution in [0.4, 0.5) is 0 Å². The van der Waals surface area contributed by atoms with E-state index >= 15 is 0 Å². The van der Waals surface area contributed by atoms with E-state index in [0.717, 1.165) is 19.5 Å². The third kappa shape index (κ3) is 1.73. The number of piperazine rings is 1. The van der Waals surface area contributed by atoms with Crippen LogP contribution in [0.1, 0.15) is 16.9 Å². The molecule has 0 aromatic carbocycles. The Kier molecular flexibility index (Phi) is 2.66. The van der Waals surface area contributed by atoms with Crippen molar-refractivity contribution in [3.63, 3.8) is 0 Å². The van der Waals surface area contributed by atoms with Crippen molar-refractivity contribution in [2.45, 2.75) is 18.5 Å². The molecule has 6 heteroatoms. The molecule has 1 aromatic rings. The van der Waals surface area contributed by atoms with Crippen LogP contribution in [-0.2, 0) is 0 Å². The monoisotopic (exact) mass is 248 g/mol. The molecule has 1 aromatic heterocycles. The Morgan fingerprint density at radius 2 is 2.06 bits per heavy atom. The third-order valence-electron chi connectivity index (χ3n) is 3.68. The zero-order chi connectivity index (χ0) is 12.7. The number of nitrogens with zero attached hydrogens (tertiary/aromatic N) is 4. The molecule has 6 nitrogen and oxygen atoms in total. The summed E-state index contributed by atoms with van der Waals surface area (Å²) in [5.41, 5.74) is 0.398. The molecule has 3 heterocycles. The lowest BCUT2D eigenvalue weighted by Crippen LogP contribution is -2.69. The van der Waals surface area contributed by atoms with Crippen molar-refractivity contribution in [2.24, 2.45) is 0 Å². The fourth-order valence-corrected chi connectivity index (χ4v) is 2.83. The summed E-state index contributed by atoms with van der Waals surface area (Å²) in [7, 11) is 3.62. The molecule has 3 rings (SSSR count). The zero-order valence-electron chi connectivity index (χ0n) is 10.5. The van der Waals surface area contributed by atoms with E-state index in [1.165, 1.54) is 7.11 Å². The summed E-state index contributed by atoms with van der Waals surface area (Å²) < 4.78 is 4.93. The molecule has 0 saturated carbocycles. The van der Waals surface area contributed by atoms with E-state index in [9.17, 15) is 4.79 Å². The summed E-state index contributed by atoms with van der Waals surface area (Å²) in [6.45, 7) is 1.90. The van der Waals surface area contributed by atoms with Gasteiger partial charge in [0.25, 0.3) is 5.91 Å². The van der Waals surface area contributed by atoms with Crippen molar-refractivity contribution >= 4 is 5.91 Å². The molecule has 2 bridgehead atoms. The summed E-state index contributed by atoms with van der Waals surface area (Å²) in [5, 5.41) is 7.76. The van der Waals surface area contributed by atoms with Gasteiger partial charge >= 0.3 is 0 Å². The largest absolute Gasteiger partial charge is 0.480 e. The number of ether oxygens (including phenoxy) is 1. The highest BCUT2D eigenvalue weighted by atomic mass is 16.5. The van der Waals surface area contributed by atoms with Crippen molar-refractivity contribution in [3.05, 3.63) is 17.8 Å².